The molecular formula is C30H35BrClN3O5S. The highest BCUT2D eigenvalue weighted by atomic mass is 79.9. The Hall–Kier alpha value is -3.08. The number of nitrogens with zero attached hydrogens (tertiary/aromatic N) is 2. The van der Waals surface area contributed by atoms with Crippen LogP contribution in [0.1, 0.15) is 30.9 Å². The van der Waals surface area contributed by atoms with Crippen molar-refractivity contribution in [3.63, 3.8) is 0 Å². The summed E-state index contributed by atoms with van der Waals surface area (Å²) in [6.45, 7) is 2.07. The van der Waals surface area contributed by atoms with Crippen molar-refractivity contribution in [1.29, 1.82) is 0 Å². The summed E-state index contributed by atoms with van der Waals surface area (Å²) in [5.41, 5.74) is 1.86. The normalized spacial score (nSPS) is 11.9. The molecule has 0 fully saturated rings. The molecule has 3 aromatic rings. The fourth-order valence-electron chi connectivity index (χ4n) is 4.32. The average molecular weight is 665 g/mol. The molecule has 41 heavy (non-hydrogen) atoms. The van der Waals surface area contributed by atoms with Crippen LogP contribution in [0.2, 0.25) is 5.02 Å². The first-order valence-electron chi connectivity index (χ1n) is 13.2. The predicted molar refractivity (Wildman–Crippen MR) is 167 cm³/mol. The van der Waals surface area contributed by atoms with Crippen LogP contribution in [0, 0.1) is 0 Å². The summed E-state index contributed by atoms with van der Waals surface area (Å²) in [6, 6.07) is 20.5. The largest absolute Gasteiger partial charge is 0.495 e. The zero-order chi connectivity index (χ0) is 30.0. The van der Waals surface area contributed by atoms with E-state index in [-0.39, 0.29) is 29.6 Å². The second-order valence-electron chi connectivity index (χ2n) is 9.59. The fraction of sp³-hybridized carbons (Fsp3) is 0.333. The average Bonchev–Trinajstić information content (AvgIpc) is 2.93. The van der Waals surface area contributed by atoms with Gasteiger partial charge in [0.25, 0.3) is 0 Å². The lowest BCUT2D eigenvalue weighted by Crippen LogP contribution is -2.53. The van der Waals surface area contributed by atoms with Crippen molar-refractivity contribution < 1.29 is 22.7 Å². The van der Waals surface area contributed by atoms with E-state index in [9.17, 15) is 18.0 Å². The number of unbranched alkanes of at least 4 members (excludes halogenated alkanes) is 1. The number of methoxy groups -OCH3 is 1. The third kappa shape index (κ3) is 9.48. The zero-order valence-electron chi connectivity index (χ0n) is 23.3. The Morgan fingerprint density at radius 1 is 1.02 bits per heavy atom. The summed E-state index contributed by atoms with van der Waals surface area (Å²) in [4.78, 5) is 29.2. The van der Waals surface area contributed by atoms with Crippen LogP contribution < -0.4 is 14.4 Å². The molecule has 11 heteroatoms. The van der Waals surface area contributed by atoms with E-state index < -0.39 is 28.5 Å². The van der Waals surface area contributed by atoms with Crippen molar-refractivity contribution >= 4 is 55.1 Å². The number of ether oxygens (including phenoxy) is 1. The number of carbonyl (C=O) groups is 2. The maximum atomic E-state index is 14.1. The monoisotopic (exact) mass is 663 g/mol. The van der Waals surface area contributed by atoms with E-state index in [1.54, 1.807) is 6.07 Å². The minimum Gasteiger partial charge on any atom is -0.495 e. The van der Waals surface area contributed by atoms with E-state index >= 15 is 0 Å². The number of sulfonamides is 1. The van der Waals surface area contributed by atoms with Gasteiger partial charge in [-0.2, -0.15) is 0 Å². The molecule has 0 aliphatic heterocycles. The quantitative estimate of drug-likeness (QED) is 0.232. The number of amides is 2. The van der Waals surface area contributed by atoms with Gasteiger partial charge in [0.15, 0.2) is 0 Å². The van der Waals surface area contributed by atoms with Gasteiger partial charge in [0.2, 0.25) is 21.8 Å². The van der Waals surface area contributed by atoms with Crippen molar-refractivity contribution in [1.82, 2.24) is 10.2 Å². The minimum atomic E-state index is -3.91. The van der Waals surface area contributed by atoms with E-state index in [1.807, 2.05) is 61.5 Å². The molecule has 0 saturated heterocycles. The van der Waals surface area contributed by atoms with Crippen LogP contribution in [0.25, 0.3) is 0 Å². The summed E-state index contributed by atoms with van der Waals surface area (Å²) in [6.07, 6.45) is 2.98. The maximum Gasteiger partial charge on any atom is 0.244 e. The van der Waals surface area contributed by atoms with Crippen LogP contribution >= 0.6 is 27.5 Å². The van der Waals surface area contributed by atoms with Gasteiger partial charge >= 0.3 is 0 Å². The van der Waals surface area contributed by atoms with Crippen molar-refractivity contribution in [3.05, 3.63) is 93.4 Å². The molecular weight excluding hydrogens is 630 g/mol. The molecule has 0 aliphatic rings. The highest BCUT2D eigenvalue weighted by Crippen LogP contribution is 2.30. The van der Waals surface area contributed by atoms with Crippen LogP contribution in [0.4, 0.5) is 5.69 Å². The Morgan fingerprint density at radius 3 is 2.34 bits per heavy atom. The molecule has 0 aromatic heterocycles. The van der Waals surface area contributed by atoms with Gasteiger partial charge in [-0.05, 0) is 47.9 Å². The number of halogens is 2. The Balaban J connectivity index is 2.04. The molecule has 1 N–H and O–H groups in total. The van der Waals surface area contributed by atoms with Gasteiger partial charge in [-0.3, -0.25) is 13.9 Å². The first-order valence-corrected chi connectivity index (χ1v) is 16.2. The van der Waals surface area contributed by atoms with Crippen molar-refractivity contribution in [2.24, 2.45) is 0 Å². The Bertz CT molecular complexity index is 1440. The lowest BCUT2D eigenvalue weighted by atomic mass is 10.0. The highest BCUT2D eigenvalue weighted by Gasteiger charge is 2.33. The molecule has 0 bridgehead atoms. The molecule has 0 radical (unpaired) electrons. The van der Waals surface area contributed by atoms with Crippen LogP contribution in [0.15, 0.2) is 77.3 Å². The van der Waals surface area contributed by atoms with Crippen LogP contribution in [0.5, 0.6) is 5.75 Å². The Labute approximate surface area is 255 Å². The number of rotatable bonds is 14. The van der Waals surface area contributed by atoms with Gasteiger partial charge in [0, 0.05) is 24.0 Å². The van der Waals surface area contributed by atoms with Crippen molar-refractivity contribution in [3.8, 4) is 5.75 Å². The van der Waals surface area contributed by atoms with E-state index in [2.05, 4.69) is 21.2 Å². The molecule has 0 aliphatic carbocycles. The standard InChI is InChI=1S/C30H35BrClN3O5S/c1-4-5-16-33-30(37)27(18-22-10-7-6-8-11-22)34(20-23-12-9-13-24(31)17-23)29(36)21-35(41(3,38)39)25-14-15-28(40-2)26(32)19-25/h6-15,17,19,27H,4-5,16,18,20-21H2,1-3H3,(H,33,37)/t27-/m0/s1. The van der Waals surface area contributed by atoms with E-state index in [4.69, 9.17) is 16.3 Å². The van der Waals surface area contributed by atoms with E-state index in [1.165, 1.54) is 24.1 Å². The molecule has 1 atom stereocenters. The molecule has 3 aromatic carbocycles. The van der Waals surface area contributed by atoms with Gasteiger partial charge in [0.05, 0.1) is 24.1 Å². The third-order valence-electron chi connectivity index (χ3n) is 6.45. The van der Waals surface area contributed by atoms with E-state index in [0.717, 1.165) is 39.0 Å². The summed E-state index contributed by atoms with van der Waals surface area (Å²) in [5.74, 6) is -0.462. The zero-order valence-corrected chi connectivity index (χ0v) is 26.5. The smallest absolute Gasteiger partial charge is 0.244 e. The topological polar surface area (TPSA) is 96.0 Å². The van der Waals surface area contributed by atoms with Crippen molar-refractivity contribution in [2.75, 3.05) is 30.8 Å². The highest BCUT2D eigenvalue weighted by molar-refractivity contribution is 9.10. The van der Waals surface area contributed by atoms with Gasteiger partial charge in [-0.15, -0.1) is 0 Å². The molecule has 0 heterocycles. The number of carbonyl (C=O) groups excluding carboxylic acids is 2. The van der Waals surface area contributed by atoms with Gasteiger partial charge in [-0.25, -0.2) is 8.42 Å². The molecule has 0 saturated carbocycles. The SMILES string of the molecule is CCCCNC(=O)[C@H](Cc1ccccc1)N(Cc1cccc(Br)c1)C(=O)CN(c1ccc(OC)c(Cl)c1)S(C)(=O)=O. The summed E-state index contributed by atoms with van der Waals surface area (Å²) in [7, 11) is -2.45. The molecule has 0 unspecified atom stereocenters. The second-order valence-corrected chi connectivity index (χ2v) is 12.8. The van der Waals surface area contributed by atoms with Crippen LogP contribution in [0.3, 0.4) is 0 Å². The number of anilines is 1. The number of nitrogens with one attached hydrogen (secondary N) is 1. The molecule has 0 spiro atoms. The van der Waals surface area contributed by atoms with E-state index in [0.29, 0.717) is 12.3 Å². The third-order valence-corrected chi connectivity index (χ3v) is 8.37. The minimum absolute atomic E-state index is 0.0952. The summed E-state index contributed by atoms with van der Waals surface area (Å²) >= 11 is 9.76. The van der Waals surface area contributed by atoms with Gasteiger partial charge in [0.1, 0.15) is 18.3 Å². The molecule has 2 amide bonds. The fourth-order valence-corrected chi connectivity index (χ4v) is 5.86. The molecule has 220 valence electrons. The first kappa shape index (κ1) is 32.4. The Kier molecular flexibility index (Phi) is 12.1. The number of hydrogen-bond acceptors (Lipinski definition) is 5. The number of hydrogen-bond donors (Lipinski definition) is 1. The van der Waals surface area contributed by atoms with Crippen LogP contribution in [-0.2, 0) is 32.6 Å². The first-order chi connectivity index (χ1) is 19.5. The molecule has 8 nitrogen and oxygen atoms in total. The lowest BCUT2D eigenvalue weighted by Gasteiger charge is -2.33. The molecule has 3 rings (SSSR count). The summed E-state index contributed by atoms with van der Waals surface area (Å²) < 4.78 is 32.8. The van der Waals surface area contributed by atoms with Crippen molar-refractivity contribution in [2.45, 2.75) is 38.8 Å². The maximum absolute atomic E-state index is 14.1. The van der Waals surface area contributed by atoms with Gasteiger partial charge < -0.3 is 15.0 Å². The second kappa shape index (κ2) is 15.2. The predicted octanol–water partition coefficient (Wildman–Crippen LogP) is 5.43. The summed E-state index contributed by atoms with van der Waals surface area (Å²) in [5, 5.41) is 3.17. The Morgan fingerprint density at radius 2 is 1.73 bits per heavy atom. The lowest BCUT2D eigenvalue weighted by molar-refractivity contribution is -0.140. The van der Waals surface area contributed by atoms with Gasteiger partial charge in [-0.1, -0.05) is 83.3 Å². The van der Waals surface area contributed by atoms with Crippen LogP contribution in [-0.4, -0.2) is 57.6 Å². The number of benzene rings is 3.